The summed E-state index contributed by atoms with van der Waals surface area (Å²) in [6.07, 6.45) is 13.6. The summed E-state index contributed by atoms with van der Waals surface area (Å²) in [5.41, 5.74) is 2.57. The largest absolute Gasteiger partial charge is 0.290 e. The van der Waals surface area contributed by atoms with Gasteiger partial charge in [-0.1, -0.05) is 5.57 Å². The molecule has 1 aromatic carbocycles. The normalized spacial score (nSPS) is 23.3. The van der Waals surface area contributed by atoms with Crippen molar-refractivity contribution in [3.63, 3.8) is 0 Å². The first-order chi connectivity index (χ1) is 21.2. The lowest BCUT2D eigenvalue weighted by Crippen LogP contribution is -2.51. The van der Waals surface area contributed by atoms with Crippen molar-refractivity contribution < 1.29 is 17.6 Å². The van der Waals surface area contributed by atoms with Crippen LogP contribution in [0.3, 0.4) is 0 Å². The molecule has 4 aromatic rings. The van der Waals surface area contributed by atoms with Gasteiger partial charge in [0.05, 0.1) is 23.0 Å². The van der Waals surface area contributed by atoms with Crippen LogP contribution < -0.4 is 0 Å². The van der Waals surface area contributed by atoms with Gasteiger partial charge in [-0.2, -0.15) is 14.5 Å². The minimum Gasteiger partial charge on any atom is -0.290 e. The van der Waals surface area contributed by atoms with E-state index in [0.717, 1.165) is 53.1 Å². The molecule has 4 aliphatic rings. The number of sulfonamides is 1. The van der Waals surface area contributed by atoms with E-state index in [1.807, 2.05) is 6.20 Å². The Bertz CT molecular complexity index is 1900. The molecular weight excluding hydrogens is 600 g/mol. The molecule has 0 bridgehead atoms. The Balaban J connectivity index is 1.21. The van der Waals surface area contributed by atoms with Gasteiger partial charge in [0, 0.05) is 36.9 Å². The Morgan fingerprint density at radius 2 is 1.91 bits per heavy atom. The zero-order chi connectivity index (χ0) is 30.2. The lowest BCUT2D eigenvalue weighted by atomic mass is 9.61. The van der Waals surface area contributed by atoms with Crippen molar-refractivity contribution in [1.82, 2.24) is 28.9 Å². The van der Waals surface area contributed by atoms with Crippen LogP contribution in [0.1, 0.15) is 76.8 Å². The topological polar surface area (TPSA) is 103 Å². The van der Waals surface area contributed by atoms with Crippen LogP contribution in [0.15, 0.2) is 59.5 Å². The number of thiazole rings is 1. The molecule has 3 saturated carbocycles. The molecule has 44 heavy (non-hydrogen) atoms. The zero-order valence-corrected chi connectivity index (χ0v) is 26.0. The van der Waals surface area contributed by atoms with E-state index in [1.165, 1.54) is 28.2 Å². The molecule has 0 saturated heterocycles. The van der Waals surface area contributed by atoms with E-state index in [4.69, 9.17) is 0 Å². The van der Waals surface area contributed by atoms with Gasteiger partial charge in [0.15, 0.2) is 10.0 Å². The average Bonchev–Trinajstić information content (AvgIpc) is 3.90. The molecule has 0 aliphatic heterocycles. The fourth-order valence-electron chi connectivity index (χ4n) is 6.92. The number of Topliss-reactive ketones (excluding diaryl/α,β-unsaturated/α-hetero) is 1. The highest BCUT2D eigenvalue weighted by Gasteiger charge is 2.53. The number of carbonyl (C=O) groups excluding carboxylic acids is 1. The number of aryl methyl sites for hydroxylation is 1. The highest BCUT2D eigenvalue weighted by atomic mass is 32.2. The fraction of sp³-hybridized carbons (Fsp3) is 0.438. The summed E-state index contributed by atoms with van der Waals surface area (Å²) in [4.78, 5) is 20.5. The second-order valence-electron chi connectivity index (χ2n) is 12.8. The molecular formula is C32H33FN6O3S2. The smallest absolute Gasteiger partial charge is 0.262 e. The number of nitrogens with zero attached hydrogens (tertiary/aromatic N) is 6. The Hall–Kier alpha value is -3.48. The molecule has 0 N–H and O–H groups in total. The van der Waals surface area contributed by atoms with E-state index >= 15 is 0 Å². The first-order valence-corrected chi connectivity index (χ1v) is 17.5. The monoisotopic (exact) mass is 632 g/mol. The van der Waals surface area contributed by atoms with E-state index < -0.39 is 15.4 Å². The Labute approximate surface area is 259 Å². The van der Waals surface area contributed by atoms with Crippen molar-refractivity contribution in [1.29, 1.82) is 0 Å². The van der Waals surface area contributed by atoms with Crippen molar-refractivity contribution in [2.45, 2.75) is 68.4 Å². The molecule has 0 amide bonds. The van der Waals surface area contributed by atoms with Crippen molar-refractivity contribution in [3.05, 3.63) is 81.5 Å². The average molecular weight is 633 g/mol. The van der Waals surface area contributed by atoms with Crippen LogP contribution in [0.2, 0.25) is 0 Å². The summed E-state index contributed by atoms with van der Waals surface area (Å²) in [6.45, 7) is 0.434. The number of hydrogen-bond acceptors (Lipinski definition) is 7. The second kappa shape index (κ2) is 10.3. The number of carbonyl (C=O) groups is 1. The number of fused-ring (bicyclic) bond motifs is 2. The third kappa shape index (κ3) is 4.78. The van der Waals surface area contributed by atoms with Gasteiger partial charge in [-0.05, 0) is 105 Å². The molecule has 2 atom stereocenters. The molecule has 3 heterocycles. The third-order valence-corrected chi connectivity index (χ3v) is 12.6. The molecule has 0 spiro atoms. The Morgan fingerprint density at radius 1 is 1.11 bits per heavy atom. The first-order valence-electron chi connectivity index (χ1n) is 15.3. The molecule has 3 aromatic heterocycles. The number of aromatic nitrogens is 5. The van der Waals surface area contributed by atoms with E-state index in [-0.39, 0.29) is 22.7 Å². The van der Waals surface area contributed by atoms with Crippen LogP contribution in [0.25, 0.3) is 11.8 Å². The highest BCUT2D eigenvalue weighted by molar-refractivity contribution is 7.89. The maximum Gasteiger partial charge on any atom is 0.262 e. The number of allylic oxidation sites excluding steroid dienone is 1. The van der Waals surface area contributed by atoms with Gasteiger partial charge < -0.3 is 0 Å². The molecule has 4 aliphatic carbocycles. The molecule has 12 heteroatoms. The number of hydrogen-bond donors (Lipinski definition) is 0. The van der Waals surface area contributed by atoms with E-state index in [2.05, 4.69) is 21.3 Å². The van der Waals surface area contributed by atoms with Crippen LogP contribution >= 0.6 is 11.3 Å². The summed E-state index contributed by atoms with van der Waals surface area (Å²) >= 11 is 1.49. The van der Waals surface area contributed by atoms with E-state index in [0.29, 0.717) is 49.1 Å². The molecule has 0 radical (unpaired) electrons. The molecule has 9 nitrogen and oxygen atoms in total. The van der Waals surface area contributed by atoms with E-state index in [9.17, 15) is 17.6 Å². The zero-order valence-electron chi connectivity index (χ0n) is 24.4. The number of ketones is 1. The summed E-state index contributed by atoms with van der Waals surface area (Å²) < 4.78 is 46.8. The lowest BCUT2D eigenvalue weighted by molar-refractivity contribution is 0.0740. The fourth-order valence-corrected chi connectivity index (χ4v) is 9.73. The maximum atomic E-state index is 14.7. The Morgan fingerprint density at radius 3 is 2.61 bits per heavy atom. The lowest BCUT2D eigenvalue weighted by Gasteiger charge is -2.46. The third-order valence-electron chi connectivity index (χ3n) is 9.64. The molecule has 3 fully saturated rings. The van der Waals surface area contributed by atoms with Gasteiger partial charge in [0.25, 0.3) is 10.0 Å². The predicted octanol–water partition coefficient (Wildman–Crippen LogP) is 5.54. The standard InChI is InChI=1S/C32H33FN6O3S2/c1-37-13-12-29(36-37)44(41,42)38(19-20-2-3-20)26-9-6-23-14-27-22(17-35-39(27)25-10-7-24(33)8-11-25)15-32(23,16-26)30(40)31-34-18-28(43-31)21-4-5-21/h7-8,10-14,17-18,20-21,26H,2-6,9,15-16,19H2,1H3/t26-,32-/m0/s1. The highest BCUT2D eigenvalue weighted by Crippen LogP contribution is 2.53. The molecule has 0 unspecified atom stereocenters. The van der Waals surface area contributed by atoms with Crippen LogP contribution in [0.4, 0.5) is 4.39 Å². The quantitative estimate of drug-likeness (QED) is 0.225. The van der Waals surface area contributed by atoms with Crippen molar-refractivity contribution in [2.75, 3.05) is 6.54 Å². The second-order valence-corrected chi connectivity index (χ2v) is 15.7. The summed E-state index contributed by atoms with van der Waals surface area (Å²) in [6, 6.07) is 7.40. The van der Waals surface area contributed by atoms with Gasteiger partial charge in [0.1, 0.15) is 5.82 Å². The number of benzene rings is 1. The maximum absolute atomic E-state index is 14.7. The molecule has 8 rings (SSSR count). The minimum atomic E-state index is -3.87. The summed E-state index contributed by atoms with van der Waals surface area (Å²) in [5.74, 6) is 0.461. The van der Waals surface area contributed by atoms with Gasteiger partial charge in [-0.15, -0.1) is 11.3 Å². The predicted molar refractivity (Wildman–Crippen MR) is 164 cm³/mol. The SMILES string of the molecule is Cn1ccc(S(=O)(=O)N(CC2CC2)[C@H]2CCC3=Cc4c(cnn4-c4ccc(F)cc4)C[C@]3(C(=O)c3ncc(C4CC4)s3)C2)n1. The van der Waals surface area contributed by atoms with Crippen LogP contribution in [-0.2, 0) is 23.5 Å². The van der Waals surface area contributed by atoms with Gasteiger partial charge in [-0.25, -0.2) is 22.5 Å². The number of rotatable bonds is 9. The van der Waals surface area contributed by atoms with Crippen LogP contribution in [0, 0.1) is 17.2 Å². The van der Waals surface area contributed by atoms with Gasteiger partial charge in [-0.3, -0.25) is 9.48 Å². The van der Waals surface area contributed by atoms with Crippen molar-refractivity contribution >= 4 is 33.2 Å². The molecule has 228 valence electrons. The first kappa shape index (κ1) is 28.0. The van der Waals surface area contributed by atoms with E-state index in [1.54, 1.807) is 46.6 Å². The van der Waals surface area contributed by atoms with Crippen LogP contribution in [0.5, 0.6) is 0 Å². The summed E-state index contributed by atoms with van der Waals surface area (Å²) in [7, 11) is -2.16. The van der Waals surface area contributed by atoms with Crippen molar-refractivity contribution in [3.8, 4) is 5.69 Å². The Kier molecular flexibility index (Phi) is 6.55. The van der Waals surface area contributed by atoms with Gasteiger partial charge >= 0.3 is 0 Å². The minimum absolute atomic E-state index is 0.0351. The van der Waals surface area contributed by atoms with Gasteiger partial charge in [0.2, 0.25) is 5.78 Å². The number of halogens is 1. The summed E-state index contributed by atoms with van der Waals surface area (Å²) in [5, 5.41) is 9.45. The van der Waals surface area contributed by atoms with Crippen molar-refractivity contribution in [2.24, 2.45) is 18.4 Å². The van der Waals surface area contributed by atoms with Crippen LogP contribution in [-0.4, -0.2) is 55.6 Å².